The van der Waals surface area contributed by atoms with E-state index in [1.165, 1.54) is 0 Å². The fraction of sp³-hybridized carbons (Fsp3) is 0.455. The lowest BCUT2D eigenvalue weighted by atomic mass is 10.2. The lowest BCUT2D eigenvalue weighted by molar-refractivity contribution is 0.430. The Hall–Kier alpha value is -1.08. The van der Waals surface area contributed by atoms with Gasteiger partial charge in [-0.05, 0) is 37.8 Å². The molecule has 2 rings (SSSR count). The number of benzene rings is 1. The Bertz CT molecular complexity index is 570. The van der Waals surface area contributed by atoms with Gasteiger partial charge in [-0.25, -0.2) is 26.3 Å². The predicted molar refractivity (Wildman–Crippen MR) is 58.8 cm³/mol. The minimum Gasteiger partial charge on any atom is -0.208 e. The van der Waals surface area contributed by atoms with Crippen molar-refractivity contribution in [1.82, 2.24) is 4.72 Å². The lowest BCUT2D eigenvalue weighted by Gasteiger charge is -2.13. The Morgan fingerprint density at radius 3 is 2.39 bits per heavy atom. The minimum absolute atomic E-state index is 0.230. The smallest absolute Gasteiger partial charge is 0.208 e. The number of hydrogen-bond donors (Lipinski definition) is 1. The van der Waals surface area contributed by atoms with Crippen molar-refractivity contribution in [2.24, 2.45) is 5.92 Å². The van der Waals surface area contributed by atoms with Crippen LogP contribution in [0.25, 0.3) is 0 Å². The van der Waals surface area contributed by atoms with Gasteiger partial charge >= 0.3 is 0 Å². The summed E-state index contributed by atoms with van der Waals surface area (Å²) in [5.74, 6) is -4.66. The summed E-state index contributed by atoms with van der Waals surface area (Å²) < 4.78 is 65.0. The third-order valence-electron chi connectivity index (χ3n) is 2.96. The molecule has 100 valence electrons. The Labute approximate surface area is 103 Å². The number of nitrogens with one attached hydrogen (secondary N) is 1. The van der Waals surface area contributed by atoms with E-state index in [-0.39, 0.29) is 12.0 Å². The number of rotatable bonds is 4. The monoisotopic (exact) mass is 279 g/mol. The van der Waals surface area contributed by atoms with Crippen molar-refractivity contribution in [3.05, 3.63) is 29.6 Å². The summed E-state index contributed by atoms with van der Waals surface area (Å²) in [5.41, 5.74) is 0. The summed E-state index contributed by atoms with van der Waals surface area (Å²) >= 11 is 0. The van der Waals surface area contributed by atoms with Gasteiger partial charge in [0.05, 0.1) is 0 Å². The summed E-state index contributed by atoms with van der Waals surface area (Å²) in [6, 6.07) is 0.965. The van der Waals surface area contributed by atoms with Crippen LogP contribution in [-0.4, -0.2) is 14.5 Å². The maximum atomic E-state index is 13.4. The van der Waals surface area contributed by atoms with Gasteiger partial charge in [-0.1, -0.05) is 0 Å². The summed E-state index contributed by atoms with van der Waals surface area (Å²) in [5, 5.41) is 0. The van der Waals surface area contributed by atoms with Crippen molar-refractivity contribution in [3.63, 3.8) is 0 Å². The third-order valence-corrected chi connectivity index (χ3v) is 4.54. The van der Waals surface area contributed by atoms with Gasteiger partial charge < -0.3 is 0 Å². The highest BCUT2D eigenvalue weighted by Crippen LogP contribution is 2.33. The largest absolute Gasteiger partial charge is 0.243 e. The molecule has 3 nitrogen and oxygen atoms in total. The molecular weight excluding hydrogens is 267 g/mol. The van der Waals surface area contributed by atoms with Gasteiger partial charge in [-0.2, -0.15) is 0 Å². The first kappa shape index (κ1) is 13.4. The zero-order chi connectivity index (χ0) is 13.5. The molecule has 0 aliphatic heterocycles. The highest BCUT2D eigenvalue weighted by Gasteiger charge is 2.32. The first-order valence-corrected chi connectivity index (χ1v) is 6.97. The van der Waals surface area contributed by atoms with Gasteiger partial charge in [0.15, 0.2) is 17.5 Å². The van der Waals surface area contributed by atoms with Crippen LogP contribution in [0.1, 0.15) is 19.8 Å². The Kier molecular flexibility index (Phi) is 3.37. The number of sulfonamides is 1. The van der Waals surface area contributed by atoms with E-state index in [2.05, 4.69) is 4.72 Å². The first-order chi connectivity index (χ1) is 8.33. The van der Waals surface area contributed by atoms with Crippen molar-refractivity contribution in [1.29, 1.82) is 0 Å². The second-order valence-electron chi connectivity index (χ2n) is 4.42. The van der Waals surface area contributed by atoms with Crippen LogP contribution in [0.15, 0.2) is 17.0 Å². The van der Waals surface area contributed by atoms with Crippen molar-refractivity contribution >= 4 is 10.0 Å². The number of halogens is 3. The zero-order valence-electron chi connectivity index (χ0n) is 9.58. The van der Waals surface area contributed by atoms with E-state index in [9.17, 15) is 21.6 Å². The fourth-order valence-corrected chi connectivity index (χ4v) is 3.10. The summed E-state index contributed by atoms with van der Waals surface area (Å²) in [4.78, 5) is -0.867. The van der Waals surface area contributed by atoms with E-state index in [0.29, 0.717) is 6.07 Å². The topological polar surface area (TPSA) is 46.2 Å². The van der Waals surface area contributed by atoms with Gasteiger partial charge in [-0.3, -0.25) is 0 Å². The third kappa shape index (κ3) is 2.51. The van der Waals surface area contributed by atoms with Crippen molar-refractivity contribution < 1.29 is 21.6 Å². The molecule has 0 aromatic heterocycles. The average molecular weight is 279 g/mol. The van der Waals surface area contributed by atoms with Crippen LogP contribution >= 0.6 is 0 Å². The molecule has 1 aromatic carbocycles. The fourth-order valence-electron chi connectivity index (χ4n) is 1.72. The molecule has 1 aromatic rings. The Morgan fingerprint density at radius 2 is 1.83 bits per heavy atom. The maximum absolute atomic E-state index is 13.4. The highest BCUT2D eigenvalue weighted by atomic mass is 32.2. The lowest BCUT2D eigenvalue weighted by Crippen LogP contribution is -2.34. The van der Waals surface area contributed by atoms with Crippen LogP contribution < -0.4 is 4.72 Å². The molecule has 0 spiro atoms. The van der Waals surface area contributed by atoms with Crippen molar-refractivity contribution in [2.45, 2.75) is 30.7 Å². The zero-order valence-corrected chi connectivity index (χ0v) is 10.4. The molecule has 1 atom stereocenters. The maximum Gasteiger partial charge on any atom is 0.243 e. The van der Waals surface area contributed by atoms with Gasteiger partial charge in [0.25, 0.3) is 0 Å². The molecule has 0 unspecified atom stereocenters. The molecular formula is C11H12F3NO2S. The molecule has 0 bridgehead atoms. The molecule has 0 saturated heterocycles. The normalized spacial score (nSPS) is 17.8. The summed E-state index contributed by atoms with van der Waals surface area (Å²) in [6.45, 7) is 1.66. The van der Waals surface area contributed by atoms with Gasteiger partial charge in [0.2, 0.25) is 10.0 Å². The molecule has 1 aliphatic rings. The molecule has 1 N–H and O–H groups in total. The molecule has 1 aliphatic carbocycles. The van der Waals surface area contributed by atoms with E-state index in [0.717, 1.165) is 18.9 Å². The van der Waals surface area contributed by atoms with Crippen LogP contribution in [0.3, 0.4) is 0 Å². The van der Waals surface area contributed by atoms with Crippen molar-refractivity contribution in [3.8, 4) is 0 Å². The van der Waals surface area contributed by atoms with Crippen LogP contribution in [0.4, 0.5) is 13.2 Å². The average Bonchev–Trinajstić information content (AvgIpc) is 3.08. The standard InChI is InChI=1S/C11H12F3NO2S/c1-6(7-2-3-7)15-18(16,17)9-5-4-8(12)10(13)11(9)14/h4-7,15H,2-3H2,1H3/t6-/m1/s1. The molecule has 1 saturated carbocycles. The Morgan fingerprint density at radius 1 is 1.22 bits per heavy atom. The van der Waals surface area contributed by atoms with E-state index in [1.54, 1.807) is 6.92 Å². The molecule has 18 heavy (non-hydrogen) atoms. The van der Waals surface area contributed by atoms with Crippen LogP contribution in [0.2, 0.25) is 0 Å². The summed E-state index contributed by atoms with van der Waals surface area (Å²) in [6.07, 6.45) is 1.81. The first-order valence-electron chi connectivity index (χ1n) is 5.49. The van der Waals surface area contributed by atoms with Gasteiger partial charge in [0, 0.05) is 6.04 Å². The molecule has 0 radical (unpaired) electrons. The highest BCUT2D eigenvalue weighted by molar-refractivity contribution is 7.89. The molecule has 1 fully saturated rings. The van der Waals surface area contributed by atoms with E-state index in [4.69, 9.17) is 0 Å². The van der Waals surface area contributed by atoms with E-state index in [1.807, 2.05) is 0 Å². The quantitative estimate of drug-likeness (QED) is 0.859. The molecule has 0 heterocycles. The second kappa shape index (κ2) is 4.55. The summed E-state index contributed by atoms with van der Waals surface area (Å²) in [7, 11) is -4.17. The second-order valence-corrected chi connectivity index (χ2v) is 6.10. The SMILES string of the molecule is C[C@@H](NS(=O)(=O)c1ccc(F)c(F)c1F)C1CC1. The number of hydrogen-bond acceptors (Lipinski definition) is 2. The van der Waals surface area contributed by atoms with Crippen molar-refractivity contribution in [2.75, 3.05) is 0 Å². The Balaban J connectivity index is 2.32. The van der Waals surface area contributed by atoms with Gasteiger partial charge in [0.1, 0.15) is 4.90 Å². The minimum atomic E-state index is -4.17. The molecule has 7 heteroatoms. The van der Waals surface area contributed by atoms with E-state index < -0.39 is 32.4 Å². The van der Waals surface area contributed by atoms with Gasteiger partial charge in [-0.15, -0.1) is 0 Å². The van der Waals surface area contributed by atoms with Crippen LogP contribution in [0, 0.1) is 23.4 Å². The van der Waals surface area contributed by atoms with Crippen LogP contribution in [0.5, 0.6) is 0 Å². The van der Waals surface area contributed by atoms with Crippen LogP contribution in [-0.2, 0) is 10.0 Å². The van der Waals surface area contributed by atoms with E-state index >= 15 is 0 Å². The predicted octanol–water partition coefficient (Wildman–Crippen LogP) is 2.18. The molecule has 0 amide bonds.